The van der Waals surface area contributed by atoms with E-state index in [1.54, 1.807) is 30.0 Å². The first-order valence-corrected chi connectivity index (χ1v) is 12.1. The standard InChI is InChI=1S/C23H29N3O4S/c1-17-10-11-18(16-20(17)24-31(4,29)30)21(27)25-12-14-26(15-13-25)22(28)23(2,3)19-8-6-5-7-9-19/h5-11,16,24H,12-15H2,1-4H3. The van der Waals surface area contributed by atoms with Crippen LogP contribution in [0.25, 0.3) is 0 Å². The van der Waals surface area contributed by atoms with Crippen LogP contribution in [0, 0.1) is 6.92 Å². The molecule has 31 heavy (non-hydrogen) atoms. The van der Waals surface area contributed by atoms with E-state index in [9.17, 15) is 18.0 Å². The molecule has 1 heterocycles. The van der Waals surface area contributed by atoms with Crippen molar-refractivity contribution in [1.29, 1.82) is 0 Å². The van der Waals surface area contributed by atoms with Crippen molar-refractivity contribution < 1.29 is 18.0 Å². The first-order chi connectivity index (χ1) is 14.5. The molecule has 2 aromatic rings. The van der Waals surface area contributed by atoms with Crippen LogP contribution in [0.1, 0.15) is 35.3 Å². The summed E-state index contributed by atoms with van der Waals surface area (Å²) in [6.45, 7) is 7.40. The van der Waals surface area contributed by atoms with Crippen LogP contribution in [0.2, 0.25) is 0 Å². The van der Waals surface area contributed by atoms with E-state index in [0.717, 1.165) is 17.4 Å². The Labute approximate surface area is 184 Å². The summed E-state index contributed by atoms with van der Waals surface area (Å²) in [7, 11) is -3.44. The van der Waals surface area contributed by atoms with Crippen LogP contribution in [0.15, 0.2) is 48.5 Å². The Morgan fingerprint density at radius 2 is 1.52 bits per heavy atom. The normalized spacial score (nSPS) is 15.0. The second-order valence-electron chi connectivity index (χ2n) is 8.48. The lowest BCUT2D eigenvalue weighted by molar-refractivity contribution is -0.137. The highest BCUT2D eigenvalue weighted by Crippen LogP contribution is 2.26. The highest BCUT2D eigenvalue weighted by atomic mass is 32.2. The van der Waals surface area contributed by atoms with E-state index in [2.05, 4.69) is 4.72 Å². The lowest BCUT2D eigenvalue weighted by Crippen LogP contribution is -2.54. The monoisotopic (exact) mass is 443 g/mol. The van der Waals surface area contributed by atoms with Gasteiger partial charge in [0.1, 0.15) is 0 Å². The lowest BCUT2D eigenvalue weighted by atomic mass is 9.83. The van der Waals surface area contributed by atoms with Crippen LogP contribution in [0.3, 0.4) is 0 Å². The number of amides is 2. The molecule has 3 rings (SSSR count). The number of anilines is 1. The summed E-state index contributed by atoms with van der Waals surface area (Å²) in [5, 5.41) is 0. The second-order valence-corrected chi connectivity index (χ2v) is 10.2. The van der Waals surface area contributed by atoms with Crippen molar-refractivity contribution in [2.45, 2.75) is 26.2 Å². The largest absolute Gasteiger partial charge is 0.338 e. The first-order valence-electron chi connectivity index (χ1n) is 10.2. The fourth-order valence-electron chi connectivity index (χ4n) is 3.73. The predicted octanol–water partition coefficient (Wildman–Crippen LogP) is 2.63. The summed E-state index contributed by atoms with van der Waals surface area (Å²) < 4.78 is 25.6. The van der Waals surface area contributed by atoms with Crippen LogP contribution in [-0.2, 0) is 20.2 Å². The minimum atomic E-state index is -3.44. The molecule has 0 bridgehead atoms. The summed E-state index contributed by atoms with van der Waals surface area (Å²) in [6.07, 6.45) is 1.08. The Morgan fingerprint density at radius 1 is 0.935 bits per heavy atom. The molecular weight excluding hydrogens is 414 g/mol. The zero-order valence-corrected chi connectivity index (χ0v) is 19.2. The van der Waals surface area contributed by atoms with Crippen LogP contribution in [-0.4, -0.2) is 62.5 Å². The molecule has 0 radical (unpaired) electrons. The van der Waals surface area contributed by atoms with E-state index >= 15 is 0 Å². The number of aryl methyl sites for hydroxylation is 1. The Balaban J connectivity index is 1.68. The van der Waals surface area contributed by atoms with Crippen molar-refractivity contribution in [1.82, 2.24) is 9.80 Å². The van der Waals surface area contributed by atoms with E-state index in [4.69, 9.17) is 0 Å². The van der Waals surface area contributed by atoms with Gasteiger partial charge in [0.25, 0.3) is 5.91 Å². The van der Waals surface area contributed by atoms with Gasteiger partial charge in [0.05, 0.1) is 17.4 Å². The lowest BCUT2D eigenvalue weighted by Gasteiger charge is -2.39. The van der Waals surface area contributed by atoms with Crippen molar-refractivity contribution in [3.05, 3.63) is 65.2 Å². The quantitative estimate of drug-likeness (QED) is 0.770. The van der Waals surface area contributed by atoms with Crippen LogP contribution in [0.4, 0.5) is 5.69 Å². The van der Waals surface area contributed by atoms with Gasteiger partial charge < -0.3 is 9.80 Å². The average molecular weight is 444 g/mol. The van der Waals surface area contributed by atoms with Crippen LogP contribution in [0.5, 0.6) is 0 Å². The molecular formula is C23H29N3O4S. The van der Waals surface area contributed by atoms with Crippen LogP contribution >= 0.6 is 0 Å². The number of benzene rings is 2. The summed E-state index contributed by atoms with van der Waals surface area (Å²) in [5.41, 5.74) is 1.87. The van der Waals surface area contributed by atoms with Gasteiger partial charge in [0.2, 0.25) is 15.9 Å². The van der Waals surface area contributed by atoms with Gasteiger partial charge in [-0.3, -0.25) is 14.3 Å². The molecule has 0 spiro atoms. The first kappa shape index (κ1) is 22.8. The molecule has 1 N–H and O–H groups in total. The van der Waals surface area contributed by atoms with E-state index in [0.29, 0.717) is 37.4 Å². The molecule has 2 amide bonds. The Hall–Kier alpha value is -2.87. The SMILES string of the molecule is Cc1ccc(C(=O)N2CCN(C(=O)C(C)(C)c3ccccc3)CC2)cc1NS(C)(=O)=O. The molecule has 8 heteroatoms. The highest BCUT2D eigenvalue weighted by molar-refractivity contribution is 7.92. The van der Waals surface area contributed by atoms with Gasteiger partial charge in [-0.25, -0.2) is 8.42 Å². The van der Waals surface area contributed by atoms with Crippen molar-refractivity contribution in [3.63, 3.8) is 0 Å². The second kappa shape index (κ2) is 8.70. The molecule has 0 saturated carbocycles. The van der Waals surface area contributed by atoms with Crippen molar-refractivity contribution in [3.8, 4) is 0 Å². The van der Waals surface area contributed by atoms with E-state index in [-0.39, 0.29) is 11.8 Å². The Morgan fingerprint density at radius 3 is 2.10 bits per heavy atom. The summed E-state index contributed by atoms with van der Waals surface area (Å²) >= 11 is 0. The molecule has 0 aliphatic carbocycles. The minimum absolute atomic E-state index is 0.0424. The molecule has 7 nitrogen and oxygen atoms in total. The van der Waals surface area contributed by atoms with Crippen molar-refractivity contribution in [2.24, 2.45) is 0 Å². The molecule has 1 aliphatic heterocycles. The maximum atomic E-state index is 13.1. The molecule has 2 aromatic carbocycles. The number of carbonyl (C=O) groups excluding carboxylic acids is 2. The minimum Gasteiger partial charge on any atom is -0.338 e. The molecule has 0 unspecified atom stereocenters. The molecule has 0 atom stereocenters. The average Bonchev–Trinajstić information content (AvgIpc) is 2.74. The maximum absolute atomic E-state index is 13.1. The predicted molar refractivity (Wildman–Crippen MR) is 122 cm³/mol. The molecule has 1 aliphatic rings. The fourth-order valence-corrected chi connectivity index (χ4v) is 4.35. The third-order valence-corrected chi connectivity index (χ3v) is 6.25. The van der Waals surface area contributed by atoms with Gasteiger partial charge in [-0.2, -0.15) is 0 Å². The topological polar surface area (TPSA) is 86.8 Å². The maximum Gasteiger partial charge on any atom is 0.254 e. The third kappa shape index (κ3) is 5.25. The van der Waals surface area contributed by atoms with Gasteiger partial charge >= 0.3 is 0 Å². The number of piperazine rings is 1. The van der Waals surface area contributed by atoms with Gasteiger partial charge in [-0.1, -0.05) is 36.4 Å². The van der Waals surface area contributed by atoms with E-state index < -0.39 is 15.4 Å². The summed E-state index contributed by atoms with van der Waals surface area (Å²) in [6, 6.07) is 14.7. The molecule has 1 fully saturated rings. The smallest absolute Gasteiger partial charge is 0.254 e. The molecule has 166 valence electrons. The van der Waals surface area contributed by atoms with Gasteiger partial charge in [0, 0.05) is 31.7 Å². The number of nitrogens with one attached hydrogen (secondary N) is 1. The van der Waals surface area contributed by atoms with Crippen molar-refractivity contribution >= 4 is 27.5 Å². The van der Waals surface area contributed by atoms with Gasteiger partial charge in [-0.05, 0) is 44.0 Å². The summed E-state index contributed by atoms with van der Waals surface area (Å²) in [4.78, 5) is 29.6. The molecule has 0 aromatic heterocycles. The van der Waals surface area contributed by atoms with Gasteiger partial charge in [0.15, 0.2) is 0 Å². The number of sulfonamides is 1. The van der Waals surface area contributed by atoms with E-state index in [1.807, 2.05) is 49.1 Å². The summed E-state index contributed by atoms with van der Waals surface area (Å²) in [5.74, 6) is -0.133. The number of hydrogen-bond acceptors (Lipinski definition) is 4. The third-order valence-electron chi connectivity index (χ3n) is 5.66. The zero-order valence-electron chi connectivity index (χ0n) is 18.4. The van der Waals surface area contributed by atoms with Gasteiger partial charge in [-0.15, -0.1) is 0 Å². The van der Waals surface area contributed by atoms with E-state index in [1.165, 1.54) is 0 Å². The van der Waals surface area contributed by atoms with Crippen molar-refractivity contribution in [2.75, 3.05) is 37.2 Å². The number of carbonyl (C=O) groups is 2. The fraction of sp³-hybridized carbons (Fsp3) is 0.391. The Kier molecular flexibility index (Phi) is 6.40. The number of nitrogens with zero attached hydrogens (tertiary/aromatic N) is 2. The Bertz CT molecular complexity index is 1070. The highest BCUT2D eigenvalue weighted by Gasteiger charge is 2.35. The number of hydrogen-bond donors (Lipinski definition) is 1. The molecule has 1 saturated heterocycles. The zero-order chi connectivity index (χ0) is 22.8. The van der Waals surface area contributed by atoms with Crippen LogP contribution < -0.4 is 4.72 Å². The number of rotatable bonds is 5.